The first-order chi connectivity index (χ1) is 26.2. The second-order valence-corrected chi connectivity index (χ2v) is 14.5. The summed E-state index contributed by atoms with van der Waals surface area (Å²) in [4.78, 5) is 19.4. The SMILES string of the molecule is Nc1ccc(N=Nc2ccc3nc(-c4ccc(N=Nc5c(S(=O)(=O)[O-])cc6c(c5N)C(=O)/C(=N\Nc5ccccc5)C(S(=O)(=O)[O-])=C6)cc4)[nH]c3c2)c(N)c1.[Na+].[Na+]. The number of allylic oxidation sites excluding steroid dienone is 1. The van der Waals surface area contributed by atoms with E-state index in [1.807, 2.05) is 0 Å². The fourth-order valence-electron chi connectivity index (χ4n) is 5.48. The Morgan fingerprint density at radius 3 is 2.09 bits per heavy atom. The van der Waals surface area contributed by atoms with Crippen LogP contribution >= 0.6 is 0 Å². The van der Waals surface area contributed by atoms with Crippen molar-refractivity contribution >= 4 is 94.3 Å². The molecule has 1 aliphatic rings. The van der Waals surface area contributed by atoms with Crippen molar-refractivity contribution in [2.24, 2.45) is 25.6 Å². The molecular weight excluding hydrogens is 797 g/mol. The number of Topliss-reactive ketones (excluding diaryl/α,β-unsaturated/α-hetero) is 1. The van der Waals surface area contributed by atoms with Crippen LogP contribution in [0.15, 0.2) is 132 Å². The summed E-state index contributed by atoms with van der Waals surface area (Å²) in [5.74, 6) is -0.643. The average molecular weight is 822 g/mol. The number of hydrogen-bond donors (Lipinski definition) is 5. The van der Waals surface area contributed by atoms with Gasteiger partial charge in [0.2, 0.25) is 5.78 Å². The summed E-state index contributed by atoms with van der Waals surface area (Å²) in [5.41, 5.74) is 21.9. The number of hydrogen-bond acceptors (Lipinski definition) is 17. The van der Waals surface area contributed by atoms with Crippen LogP contribution in [0.25, 0.3) is 28.5 Å². The van der Waals surface area contributed by atoms with E-state index in [0.717, 1.165) is 6.08 Å². The van der Waals surface area contributed by atoms with Crippen molar-refractivity contribution in [2.45, 2.75) is 4.90 Å². The van der Waals surface area contributed by atoms with E-state index in [9.17, 15) is 30.7 Å². The van der Waals surface area contributed by atoms with Crippen LogP contribution < -0.4 is 81.7 Å². The number of anilines is 4. The molecule has 18 nitrogen and oxygen atoms in total. The summed E-state index contributed by atoms with van der Waals surface area (Å²) in [6.07, 6.45) is 0.718. The van der Waals surface area contributed by atoms with E-state index in [1.165, 1.54) is 12.1 Å². The molecule has 7 rings (SSSR count). The number of nitrogens with two attached hydrogens (primary N) is 3. The van der Waals surface area contributed by atoms with Gasteiger partial charge in [-0.2, -0.15) is 15.3 Å². The third-order valence-corrected chi connectivity index (χ3v) is 9.80. The number of carbonyl (C=O) groups excluding carboxylic acids is 1. The summed E-state index contributed by atoms with van der Waals surface area (Å²) < 4.78 is 73.5. The Morgan fingerprint density at radius 1 is 0.737 bits per heavy atom. The van der Waals surface area contributed by atoms with Crippen molar-refractivity contribution in [3.8, 4) is 11.4 Å². The third-order valence-electron chi connectivity index (χ3n) is 8.10. The molecule has 0 unspecified atom stereocenters. The zero-order valence-corrected chi connectivity index (χ0v) is 35.5. The maximum atomic E-state index is 13.7. The van der Waals surface area contributed by atoms with Gasteiger partial charge in [-0.3, -0.25) is 10.2 Å². The summed E-state index contributed by atoms with van der Waals surface area (Å²) in [6, 6.07) is 25.4. The molecule has 0 spiro atoms. The number of fused-ring (bicyclic) bond motifs is 2. The number of aromatic amines is 1. The quantitative estimate of drug-likeness (QED) is 0.0432. The van der Waals surface area contributed by atoms with Gasteiger partial charge in [-0.25, -0.2) is 21.8 Å². The number of aromatic nitrogens is 2. The number of H-pyrrole nitrogens is 1. The van der Waals surface area contributed by atoms with Crippen LogP contribution in [0.4, 0.5) is 45.5 Å². The smallest absolute Gasteiger partial charge is 0.744 e. The number of azo groups is 2. The number of nitrogens with one attached hydrogen (secondary N) is 2. The molecule has 0 saturated carbocycles. The fraction of sp³-hybridized carbons (Fsp3) is 0. The standard InChI is InChI=1S/C35H27N11O7S2.2Na/c36-20-8-12-25(24(37)16-20)44-43-23-11-13-26-27(17-23)40-35(39-26)18-6-9-22(10-7-18)42-45-32-28(54(48,49)50)14-19-15-29(55(51,52)53)33(34(47)30(19)31(32)38)46-41-21-4-2-1-3-5-21;;/h1-17,41H,36-38H2,(H,39,40)(H,48,49,50)(H,51,52,53);;/q;2*+1/p-2/b44-43?,45-42?,46-33-;;. The van der Waals surface area contributed by atoms with Crippen LogP contribution in [0.5, 0.6) is 0 Å². The Hall–Kier alpha value is -5.13. The van der Waals surface area contributed by atoms with Crippen LogP contribution in [0, 0.1) is 0 Å². The average Bonchev–Trinajstić information content (AvgIpc) is 3.57. The number of ketones is 1. The molecule has 6 aromatic rings. The van der Waals surface area contributed by atoms with E-state index >= 15 is 0 Å². The predicted octanol–water partition coefficient (Wildman–Crippen LogP) is 0.270. The molecule has 1 aliphatic carbocycles. The summed E-state index contributed by atoms with van der Waals surface area (Å²) in [5, 5.41) is 20.2. The third kappa shape index (κ3) is 9.37. The monoisotopic (exact) mass is 821 g/mol. The summed E-state index contributed by atoms with van der Waals surface area (Å²) in [7, 11) is -10.7. The molecular formula is C35H25N11Na2O7S2. The minimum Gasteiger partial charge on any atom is -0.744 e. The Morgan fingerprint density at radius 2 is 1.42 bits per heavy atom. The van der Waals surface area contributed by atoms with Gasteiger partial charge in [0.15, 0.2) is 0 Å². The number of nitrogen functional groups attached to an aromatic ring is 3. The Balaban J connectivity index is 0.00000310. The van der Waals surface area contributed by atoms with E-state index in [1.54, 1.807) is 78.9 Å². The Labute approximate surface area is 368 Å². The molecule has 5 aromatic carbocycles. The molecule has 0 bridgehead atoms. The second kappa shape index (κ2) is 17.2. The first-order valence-corrected chi connectivity index (χ1v) is 18.6. The van der Waals surface area contributed by atoms with Crippen molar-refractivity contribution < 1.29 is 89.9 Å². The first-order valence-electron chi connectivity index (χ1n) is 15.8. The van der Waals surface area contributed by atoms with E-state index in [-0.39, 0.29) is 64.8 Å². The van der Waals surface area contributed by atoms with E-state index in [2.05, 4.69) is 41.0 Å². The van der Waals surface area contributed by atoms with Gasteiger partial charge >= 0.3 is 59.1 Å². The van der Waals surface area contributed by atoms with Crippen molar-refractivity contribution in [1.82, 2.24) is 9.97 Å². The second-order valence-electron chi connectivity index (χ2n) is 11.8. The summed E-state index contributed by atoms with van der Waals surface area (Å²) in [6.45, 7) is 0. The fourth-order valence-corrected chi connectivity index (χ4v) is 6.79. The molecule has 0 amide bonds. The van der Waals surface area contributed by atoms with Crippen LogP contribution in [0.3, 0.4) is 0 Å². The normalized spacial score (nSPS) is 13.7. The van der Waals surface area contributed by atoms with E-state index < -0.39 is 64.0 Å². The van der Waals surface area contributed by atoms with Gasteiger partial charge in [-0.1, -0.05) is 18.2 Å². The Bertz CT molecular complexity index is 2900. The van der Waals surface area contributed by atoms with Crippen LogP contribution in [0.2, 0.25) is 0 Å². The van der Waals surface area contributed by atoms with Gasteiger partial charge in [-0.15, -0.1) is 10.2 Å². The molecule has 8 N–H and O–H groups in total. The minimum atomic E-state index is -5.33. The Kier molecular flexibility index (Phi) is 12.9. The van der Waals surface area contributed by atoms with Crippen molar-refractivity contribution in [3.63, 3.8) is 0 Å². The van der Waals surface area contributed by atoms with Gasteiger partial charge in [0.05, 0.1) is 54.8 Å². The number of benzene rings is 5. The number of imidazole rings is 1. The molecule has 0 aliphatic heterocycles. The van der Waals surface area contributed by atoms with Crippen molar-refractivity contribution in [3.05, 3.63) is 113 Å². The zero-order chi connectivity index (χ0) is 39.1. The van der Waals surface area contributed by atoms with Gasteiger partial charge < -0.3 is 31.3 Å². The van der Waals surface area contributed by atoms with E-state index in [0.29, 0.717) is 56.9 Å². The molecule has 0 atom stereocenters. The molecule has 22 heteroatoms. The number of hydrazone groups is 1. The molecule has 57 heavy (non-hydrogen) atoms. The molecule has 276 valence electrons. The number of carbonyl (C=O) groups is 1. The van der Waals surface area contributed by atoms with Gasteiger partial charge in [0.25, 0.3) is 0 Å². The maximum absolute atomic E-state index is 13.7. The maximum Gasteiger partial charge on any atom is 1.00 e. The predicted molar refractivity (Wildman–Crippen MR) is 203 cm³/mol. The molecule has 0 radical (unpaired) electrons. The largest absolute Gasteiger partial charge is 1.00 e. The topological polar surface area (TPSA) is 312 Å². The number of para-hydroxylation sites is 1. The van der Waals surface area contributed by atoms with Crippen molar-refractivity contribution in [1.29, 1.82) is 0 Å². The molecule has 0 saturated heterocycles. The van der Waals surface area contributed by atoms with Crippen LogP contribution in [0.1, 0.15) is 15.9 Å². The van der Waals surface area contributed by atoms with E-state index in [4.69, 9.17) is 17.2 Å². The van der Waals surface area contributed by atoms with Gasteiger partial charge in [-0.05, 0) is 90.5 Å². The molecule has 0 fully saturated rings. The first kappa shape index (κ1) is 43.0. The van der Waals surface area contributed by atoms with Gasteiger partial charge in [0, 0.05) is 11.3 Å². The minimum absolute atomic E-state index is 0. The van der Waals surface area contributed by atoms with Gasteiger partial charge in [0.1, 0.15) is 43.1 Å². The van der Waals surface area contributed by atoms with Crippen LogP contribution in [-0.2, 0) is 20.2 Å². The summed E-state index contributed by atoms with van der Waals surface area (Å²) >= 11 is 0. The van der Waals surface area contributed by atoms with Crippen molar-refractivity contribution in [2.75, 3.05) is 22.6 Å². The van der Waals surface area contributed by atoms with Crippen LogP contribution in [-0.4, -0.2) is 47.4 Å². The number of nitrogens with zero attached hydrogens (tertiary/aromatic N) is 6. The number of rotatable bonds is 9. The zero-order valence-electron chi connectivity index (χ0n) is 29.9. The molecule has 1 aromatic heterocycles. The molecule has 1 heterocycles.